The quantitative estimate of drug-likeness (QED) is 0.143. The number of primary amides is 1. The van der Waals surface area contributed by atoms with Gasteiger partial charge in [0.1, 0.15) is 24.6 Å². The van der Waals surface area contributed by atoms with E-state index in [1.165, 1.54) is 5.43 Å². The molecule has 11 heteroatoms. The van der Waals surface area contributed by atoms with Gasteiger partial charge in [-0.3, -0.25) is 0 Å². The number of hydrogen-bond acceptors (Lipinski definition) is 9. The lowest BCUT2D eigenvalue weighted by molar-refractivity contribution is -0.118. The molecule has 0 aliphatic heterocycles. The van der Waals surface area contributed by atoms with Gasteiger partial charge in [0.25, 0.3) is 0 Å². The van der Waals surface area contributed by atoms with Crippen LogP contribution in [0.1, 0.15) is 0 Å². The summed E-state index contributed by atoms with van der Waals surface area (Å²) in [6, 6.07) is -2.20. The van der Waals surface area contributed by atoms with Crippen LogP contribution in [0.5, 0.6) is 0 Å². The van der Waals surface area contributed by atoms with Gasteiger partial charge in [-0.05, 0) is 0 Å². The third kappa shape index (κ3) is 8.49. The predicted octanol–water partition coefficient (Wildman–Crippen LogP) is -4.08. The standard InChI is InChI=1S/C6H13NO5.CH3N3O2/c7-3(1-8)5(11)6(12)4(10)2-9;2-1(5)3-4-6/h1,3-6,9-12H,2,7H2;(H3,2,3,5,6)/t3-,4+,5+,6+;/m0./s1. The Hall–Kier alpha value is -1.66. The first-order chi connectivity index (χ1) is 8.31. The number of carbonyl (C=O) groups excluding carboxylic acids is 2. The van der Waals surface area contributed by atoms with Crippen LogP contribution in [0.3, 0.4) is 0 Å². The zero-order valence-electron chi connectivity index (χ0n) is 9.21. The lowest BCUT2D eigenvalue weighted by atomic mass is 10.0. The van der Waals surface area contributed by atoms with Crippen molar-refractivity contribution < 1.29 is 30.0 Å². The molecule has 2 amide bonds. The van der Waals surface area contributed by atoms with E-state index in [0.29, 0.717) is 0 Å². The molecule has 0 fully saturated rings. The molecule has 0 radical (unpaired) electrons. The molecule has 0 aromatic heterocycles. The summed E-state index contributed by atoms with van der Waals surface area (Å²) in [7, 11) is 0. The number of carbonyl (C=O) groups is 2. The van der Waals surface area contributed by atoms with E-state index in [0.717, 1.165) is 0 Å². The van der Waals surface area contributed by atoms with E-state index in [2.05, 4.69) is 5.73 Å². The van der Waals surface area contributed by atoms with Crippen molar-refractivity contribution in [2.24, 2.45) is 16.8 Å². The molecule has 0 aromatic carbocycles. The summed E-state index contributed by atoms with van der Waals surface area (Å²) in [5.74, 6) is 0. The number of aldehydes is 1. The molecular weight excluding hydrogens is 252 g/mol. The summed E-state index contributed by atoms with van der Waals surface area (Å²) in [6.45, 7) is -0.705. The van der Waals surface area contributed by atoms with E-state index in [-0.39, 0.29) is 6.29 Å². The molecule has 0 aromatic rings. The van der Waals surface area contributed by atoms with Crippen LogP contribution in [0.4, 0.5) is 4.79 Å². The SMILES string of the molecule is NC(=O)NN=O.N[C@@H](C=O)[C@@H](O)[C@H](O)[C@H](O)CO. The second-order valence-corrected chi connectivity index (χ2v) is 3.01. The molecule has 11 nitrogen and oxygen atoms in total. The van der Waals surface area contributed by atoms with Gasteiger partial charge in [-0.1, -0.05) is 0 Å². The van der Waals surface area contributed by atoms with Crippen LogP contribution in [0.2, 0.25) is 0 Å². The number of aliphatic hydroxyl groups excluding tert-OH is 4. The van der Waals surface area contributed by atoms with Crippen LogP contribution in [-0.4, -0.2) is 63.7 Å². The molecule has 9 N–H and O–H groups in total. The minimum absolute atomic E-state index is 0.248. The summed E-state index contributed by atoms with van der Waals surface area (Å²) >= 11 is 0. The Labute approximate surface area is 101 Å². The number of rotatable bonds is 6. The van der Waals surface area contributed by atoms with Crippen molar-refractivity contribution in [2.45, 2.75) is 24.4 Å². The van der Waals surface area contributed by atoms with Gasteiger partial charge < -0.3 is 36.7 Å². The summed E-state index contributed by atoms with van der Waals surface area (Å²) in [4.78, 5) is 28.4. The summed E-state index contributed by atoms with van der Waals surface area (Å²) in [6.07, 6.45) is -4.43. The second-order valence-electron chi connectivity index (χ2n) is 3.01. The molecule has 0 rings (SSSR count). The summed E-state index contributed by atoms with van der Waals surface area (Å²) < 4.78 is 0. The fraction of sp³-hybridized carbons (Fsp3) is 0.714. The third-order valence-corrected chi connectivity index (χ3v) is 1.64. The first kappa shape index (κ1) is 18.7. The van der Waals surface area contributed by atoms with Gasteiger partial charge in [-0.25, -0.2) is 4.79 Å². The van der Waals surface area contributed by atoms with E-state index in [1.807, 2.05) is 5.29 Å². The first-order valence-electron chi connectivity index (χ1n) is 4.55. The molecule has 0 saturated carbocycles. The predicted molar refractivity (Wildman–Crippen MR) is 57.7 cm³/mol. The Morgan fingerprint density at radius 2 is 1.83 bits per heavy atom. The molecule has 0 unspecified atom stereocenters. The number of hydrogen-bond donors (Lipinski definition) is 7. The van der Waals surface area contributed by atoms with Gasteiger partial charge in [-0.2, -0.15) is 5.43 Å². The maximum Gasteiger partial charge on any atom is 0.335 e. The maximum atomic E-state index is 10.0. The second kappa shape index (κ2) is 10.5. The number of aliphatic hydroxyl groups is 4. The molecule has 18 heavy (non-hydrogen) atoms. The fourth-order valence-electron chi connectivity index (χ4n) is 0.689. The molecule has 106 valence electrons. The Morgan fingerprint density at radius 1 is 1.33 bits per heavy atom. The van der Waals surface area contributed by atoms with Crippen LogP contribution >= 0.6 is 0 Å². The highest BCUT2D eigenvalue weighted by Gasteiger charge is 2.28. The molecule has 0 spiro atoms. The molecular formula is C7H16N4O7. The summed E-state index contributed by atoms with van der Waals surface area (Å²) in [5.41, 5.74) is 10.8. The van der Waals surface area contributed by atoms with E-state index < -0.39 is 37.0 Å². The van der Waals surface area contributed by atoms with E-state index in [1.54, 1.807) is 0 Å². The molecule has 0 bridgehead atoms. The van der Waals surface area contributed by atoms with Crippen molar-refractivity contribution in [1.29, 1.82) is 0 Å². The van der Waals surface area contributed by atoms with Gasteiger partial charge in [0.05, 0.1) is 17.9 Å². The normalized spacial score (nSPS) is 16.3. The topological polar surface area (TPSA) is 209 Å². The highest BCUT2D eigenvalue weighted by molar-refractivity contribution is 5.70. The van der Waals surface area contributed by atoms with Gasteiger partial charge in [-0.15, -0.1) is 4.91 Å². The van der Waals surface area contributed by atoms with Gasteiger partial charge >= 0.3 is 6.03 Å². The van der Waals surface area contributed by atoms with Crippen molar-refractivity contribution >= 4 is 12.3 Å². The number of nitrogens with zero attached hydrogens (tertiary/aromatic N) is 1. The molecule has 4 atom stereocenters. The Kier molecular flexibility index (Phi) is 10.9. The van der Waals surface area contributed by atoms with E-state index in [4.69, 9.17) is 31.1 Å². The zero-order chi connectivity index (χ0) is 14.7. The summed E-state index contributed by atoms with van der Waals surface area (Å²) in [5, 5.41) is 37.1. The van der Waals surface area contributed by atoms with Crippen LogP contribution in [-0.2, 0) is 4.79 Å². The van der Waals surface area contributed by atoms with Gasteiger partial charge in [0.15, 0.2) is 0 Å². The highest BCUT2D eigenvalue weighted by atomic mass is 16.4. The fourth-order valence-corrected chi connectivity index (χ4v) is 0.689. The third-order valence-electron chi connectivity index (χ3n) is 1.64. The molecule has 0 aliphatic rings. The molecule has 0 heterocycles. The van der Waals surface area contributed by atoms with Crippen LogP contribution in [0.15, 0.2) is 5.29 Å². The largest absolute Gasteiger partial charge is 0.394 e. The van der Waals surface area contributed by atoms with E-state index in [9.17, 15) is 9.59 Å². The van der Waals surface area contributed by atoms with Crippen molar-refractivity contribution in [3.05, 3.63) is 4.91 Å². The Bertz CT molecular complexity index is 264. The van der Waals surface area contributed by atoms with Crippen molar-refractivity contribution in [2.75, 3.05) is 6.61 Å². The van der Waals surface area contributed by atoms with Crippen molar-refractivity contribution in [3.63, 3.8) is 0 Å². The monoisotopic (exact) mass is 268 g/mol. The lowest BCUT2D eigenvalue weighted by Crippen LogP contribution is -2.49. The van der Waals surface area contributed by atoms with Gasteiger partial charge in [0.2, 0.25) is 0 Å². The number of amides is 2. The number of urea groups is 1. The first-order valence-corrected chi connectivity index (χ1v) is 4.55. The van der Waals surface area contributed by atoms with Gasteiger partial charge in [0, 0.05) is 0 Å². The number of nitrogens with two attached hydrogens (primary N) is 2. The number of nitrogens with one attached hydrogen (secondary N) is 1. The minimum Gasteiger partial charge on any atom is -0.394 e. The average Bonchev–Trinajstić information content (AvgIpc) is 2.35. The van der Waals surface area contributed by atoms with Crippen LogP contribution in [0.25, 0.3) is 0 Å². The lowest BCUT2D eigenvalue weighted by Gasteiger charge is -2.23. The van der Waals surface area contributed by atoms with Crippen LogP contribution in [0, 0.1) is 4.91 Å². The smallest absolute Gasteiger partial charge is 0.335 e. The Balaban J connectivity index is 0. The molecule has 0 saturated heterocycles. The minimum atomic E-state index is -1.62. The van der Waals surface area contributed by atoms with Crippen molar-refractivity contribution in [3.8, 4) is 0 Å². The van der Waals surface area contributed by atoms with E-state index >= 15 is 0 Å². The molecule has 0 aliphatic carbocycles. The Morgan fingerprint density at radius 3 is 2.06 bits per heavy atom. The average molecular weight is 268 g/mol. The highest BCUT2D eigenvalue weighted by Crippen LogP contribution is 2.01. The van der Waals surface area contributed by atoms with Crippen molar-refractivity contribution in [1.82, 2.24) is 5.43 Å². The maximum absolute atomic E-state index is 10.0. The van der Waals surface area contributed by atoms with Crippen LogP contribution < -0.4 is 16.9 Å². The number of nitroso groups, excluding NO2 is 1. The zero-order valence-corrected chi connectivity index (χ0v) is 9.21.